The first-order chi connectivity index (χ1) is 16.4. The lowest BCUT2D eigenvalue weighted by atomic mass is 9.96. The maximum atomic E-state index is 13.2. The normalized spacial score (nSPS) is 19.5. The number of ketones is 1. The van der Waals surface area contributed by atoms with E-state index in [0.717, 1.165) is 35.2 Å². The number of aromatic nitrogens is 3. The van der Waals surface area contributed by atoms with Gasteiger partial charge in [0.15, 0.2) is 5.82 Å². The zero-order valence-electron chi connectivity index (χ0n) is 18.3. The first-order valence-corrected chi connectivity index (χ1v) is 13.2. The Balaban J connectivity index is 1.29. The number of halogens is 2. The highest BCUT2D eigenvalue weighted by molar-refractivity contribution is 9.10. The number of hydrogen-bond donors (Lipinski definition) is 2. The molecule has 12 heteroatoms. The van der Waals surface area contributed by atoms with Crippen molar-refractivity contribution < 1.29 is 14.3 Å². The number of Topliss-reactive ketones (excluding diaryl/α,β-unsaturated/α-hetero) is 1. The average molecular weight is 568 g/mol. The molecule has 1 atom stereocenters. The van der Waals surface area contributed by atoms with Gasteiger partial charge in [0.05, 0.1) is 16.1 Å². The number of fused-ring (bicyclic) bond motifs is 1. The molecule has 1 aliphatic heterocycles. The van der Waals surface area contributed by atoms with Gasteiger partial charge in [-0.2, -0.15) is 5.10 Å². The van der Waals surface area contributed by atoms with Crippen LogP contribution in [0.1, 0.15) is 48.2 Å². The number of hydrogen-bond acceptors (Lipinski definition) is 8. The molecule has 34 heavy (non-hydrogen) atoms. The summed E-state index contributed by atoms with van der Waals surface area (Å²) in [6.07, 6.45) is 5.49. The Morgan fingerprint density at radius 2 is 2.09 bits per heavy atom. The van der Waals surface area contributed by atoms with Crippen LogP contribution in [0.4, 0.5) is 11.5 Å². The van der Waals surface area contributed by atoms with Gasteiger partial charge in [-0.05, 0) is 47.7 Å². The van der Waals surface area contributed by atoms with Gasteiger partial charge < -0.3 is 20.7 Å². The molecule has 0 radical (unpaired) electrons. The Morgan fingerprint density at radius 3 is 2.88 bits per heavy atom. The molecule has 3 N–H and O–H groups in total. The summed E-state index contributed by atoms with van der Waals surface area (Å²) >= 11 is 11.0. The zero-order chi connectivity index (χ0) is 23.8. The third kappa shape index (κ3) is 4.73. The summed E-state index contributed by atoms with van der Waals surface area (Å²) in [6, 6.07) is 3.62. The fourth-order valence-electron chi connectivity index (χ4n) is 4.62. The Bertz CT molecular complexity index is 1240. The first-order valence-electron chi connectivity index (χ1n) is 11.2. The SMILES string of the molecule is Nc1ncnn2c(Br)cc(N3CCC[C@@H](NC(=O)c4sc(Cl)cc4OC4CCC(=O)CC4)C3)c12. The number of amides is 1. The van der Waals surface area contributed by atoms with Crippen molar-refractivity contribution in [3.63, 3.8) is 0 Å². The van der Waals surface area contributed by atoms with Crippen LogP contribution in [-0.4, -0.2) is 51.5 Å². The average Bonchev–Trinajstić information content (AvgIpc) is 3.36. The van der Waals surface area contributed by atoms with E-state index in [4.69, 9.17) is 22.1 Å². The number of anilines is 2. The fourth-order valence-corrected chi connectivity index (χ4v) is 6.16. The van der Waals surface area contributed by atoms with Gasteiger partial charge in [0.2, 0.25) is 0 Å². The molecule has 1 amide bonds. The number of nitrogen functional groups attached to an aromatic ring is 1. The molecule has 0 unspecified atom stereocenters. The lowest BCUT2D eigenvalue weighted by Crippen LogP contribution is -2.47. The molecular weight excluding hydrogens is 544 g/mol. The number of rotatable bonds is 5. The molecule has 180 valence electrons. The van der Waals surface area contributed by atoms with Crippen LogP contribution in [0.5, 0.6) is 5.75 Å². The van der Waals surface area contributed by atoms with E-state index in [1.807, 2.05) is 6.07 Å². The van der Waals surface area contributed by atoms with Crippen LogP contribution in [-0.2, 0) is 4.79 Å². The molecule has 3 aromatic heterocycles. The van der Waals surface area contributed by atoms with Crippen molar-refractivity contribution >= 4 is 67.6 Å². The van der Waals surface area contributed by atoms with Crippen molar-refractivity contribution in [2.24, 2.45) is 0 Å². The van der Waals surface area contributed by atoms with Crippen LogP contribution in [0.2, 0.25) is 4.34 Å². The third-order valence-corrected chi connectivity index (χ3v) is 8.08. The molecule has 0 spiro atoms. The van der Waals surface area contributed by atoms with Gasteiger partial charge in [-0.1, -0.05) is 11.6 Å². The number of nitrogens with zero attached hydrogens (tertiary/aromatic N) is 4. The molecule has 1 saturated carbocycles. The number of nitrogens with one attached hydrogen (secondary N) is 1. The summed E-state index contributed by atoms with van der Waals surface area (Å²) in [6.45, 7) is 1.47. The predicted octanol–water partition coefficient (Wildman–Crippen LogP) is 4.08. The van der Waals surface area contributed by atoms with E-state index in [9.17, 15) is 9.59 Å². The minimum Gasteiger partial charge on any atom is -0.489 e. The molecule has 1 aliphatic carbocycles. The standard InChI is InChI=1S/C22H24BrClN6O3S/c23-17-8-15(19-21(25)26-11-27-30(17)19)29-7-1-2-12(10-29)28-22(32)20-16(9-18(24)34-20)33-14-5-3-13(31)4-6-14/h8-9,11-12,14H,1-7,10H2,(H,28,32)(H2,25,26,27)/t12-/m1/s1. The van der Waals surface area contributed by atoms with Crippen molar-refractivity contribution in [2.45, 2.75) is 50.7 Å². The molecule has 9 nitrogen and oxygen atoms in total. The van der Waals surface area contributed by atoms with Crippen LogP contribution in [0.15, 0.2) is 23.1 Å². The molecule has 2 fully saturated rings. The summed E-state index contributed by atoms with van der Waals surface area (Å²) in [5.41, 5.74) is 7.81. The van der Waals surface area contributed by atoms with E-state index >= 15 is 0 Å². The Labute approximate surface area is 213 Å². The smallest absolute Gasteiger partial charge is 0.265 e. The van der Waals surface area contributed by atoms with Crippen molar-refractivity contribution in [1.82, 2.24) is 19.9 Å². The van der Waals surface area contributed by atoms with Gasteiger partial charge in [-0.3, -0.25) is 9.59 Å². The Kier molecular flexibility index (Phi) is 6.67. The first kappa shape index (κ1) is 23.4. The van der Waals surface area contributed by atoms with Crippen molar-refractivity contribution in [3.05, 3.63) is 32.3 Å². The van der Waals surface area contributed by atoms with Gasteiger partial charge in [0.25, 0.3) is 5.91 Å². The second-order valence-electron chi connectivity index (χ2n) is 8.62. The molecule has 1 saturated heterocycles. The van der Waals surface area contributed by atoms with Crippen LogP contribution in [0, 0.1) is 0 Å². The Morgan fingerprint density at radius 1 is 1.29 bits per heavy atom. The zero-order valence-corrected chi connectivity index (χ0v) is 21.5. The summed E-state index contributed by atoms with van der Waals surface area (Å²) in [5.74, 6) is 0.962. The minimum absolute atomic E-state index is 0.0538. The topological polar surface area (TPSA) is 115 Å². The number of carbonyl (C=O) groups excluding carboxylic acids is 2. The Hall–Kier alpha value is -2.37. The lowest BCUT2D eigenvalue weighted by molar-refractivity contribution is -0.121. The number of ether oxygens (including phenoxy) is 1. The fraction of sp³-hybridized carbons (Fsp3) is 0.455. The summed E-state index contributed by atoms with van der Waals surface area (Å²) < 4.78 is 9.09. The van der Waals surface area contributed by atoms with E-state index in [1.54, 1.807) is 10.6 Å². The largest absolute Gasteiger partial charge is 0.489 e. The third-order valence-electron chi connectivity index (χ3n) is 6.27. The maximum absolute atomic E-state index is 13.2. The number of thiophene rings is 1. The van der Waals surface area contributed by atoms with E-state index in [0.29, 0.717) is 53.0 Å². The highest BCUT2D eigenvalue weighted by atomic mass is 79.9. The number of carbonyl (C=O) groups is 2. The second-order valence-corrected chi connectivity index (χ2v) is 11.1. The second kappa shape index (κ2) is 9.71. The molecule has 4 heterocycles. The number of piperidine rings is 1. The van der Waals surface area contributed by atoms with Gasteiger partial charge in [-0.15, -0.1) is 11.3 Å². The quantitative estimate of drug-likeness (QED) is 0.477. The van der Waals surface area contributed by atoms with Gasteiger partial charge in [0.1, 0.15) is 32.9 Å². The van der Waals surface area contributed by atoms with Crippen LogP contribution in [0.25, 0.3) is 5.52 Å². The molecule has 0 aromatic carbocycles. The predicted molar refractivity (Wildman–Crippen MR) is 135 cm³/mol. The number of nitrogens with two attached hydrogens (primary N) is 1. The van der Waals surface area contributed by atoms with Crippen LogP contribution < -0.4 is 20.7 Å². The van der Waals surface area contributed by atoms with E-state index in [1.165, 1.54) is 17.7 Å². The van der Waals surface area contributed by atoms with Crippen molar-refractivity contribution in [3.8, 4) is 5.75 Å². The molecule has 5 rings (SSSR count). The minimum atomic E-state index is -0.198. The monoisotopic (exact) mass is 566 g/mol. The van der Waals surface area contributed by atoms with Gasteiger partial charge in [0, 0.05) is 38.0 Å². The summed E-state index contributed by atoms with van der Waals surface area (Å²) in [7, 11) is 0. The van der Waals surface area contributed by atoms with Gasteiger partial charge in [-0.25, -0.2) is 9.50 Å². The highest BCUT2D eigenvalue weighted by Gasteiger charge is 2.28. The lowest BCUT2D eigenvalue weighted by Gasteiger charge is -2.34. The van der Waals surface area contributed by atoms with E-state index < -0.39 is 0 Å². The van der Waals surface area contributed by atoms with E-state index in [-0.39, 0.29) is 23.8 Å². The van der Waals surface area contributed by atoms with Crippen molar-refractivity contribution in [1.29, 1.82) is 0 Å². The molecule has 3 aromatic rings. The molecule has 2 aliphatic rings. The summed E-state index contributed by atoms with van der Waals surface area (Å²) in [5, 5.41) is 7.43. The van der Waals surface area contributed by atoms with Crippen LogP contribution in [0.3, 0.4) is 0 Å². The maximum Gasteiger partial charge on any atom is 0.265 e. The molecular formula is C22H24BrClN6O3S. The van der Waals surface area contributed by atoms with Crippen LogP contribution >= 0.6 is 38.9 Å². The van der Waals surface area contributed by atoms with E-state index in [2.05, 4.69) is 36.2 Å². The summed E-state index contributed by atoms with van der Waals surface area (Å²) in [4.78, 5) is 31.5. The highest BCUT2D eigenvalue weighted by Crippen LogP contribution is 2.36. The van der Waals surface area contributed by atoms with Gasteiger partial charge >= 0.3 is 0 Å². The van der Waals surface area contributed by atoms with Crippen molar-refractivity contribution in [2.75, 3.05) is 23.7 Å². The molecule has 0 bridgehead atoms.